The van der Waals surface area contributed by atoms with Gasteiger partial charge in [-0.25, -0.2) is 0 Å². The van der Waals surface area contributed by atoms with Gasteiger partial charge in [0.2, 0.25) is 0 Å². The summed E-state index contributed by atoms with van der Waals surface area (Å²) < 4.78 is 5.03. The molecule has 0 aliphatic heterocycles. The lowest BCUT2D eigenvalue weighted by atomic mass is 9.85. The maximum atomic E-state index is 6.26. The molecule has 1 aliphatic rings. The average Bonchev–Trinajstić information content (AvgIpc) is 2.15. The van der Waals surface area contributed by atoms with E-state index in [1.165, 1.54) is 44.9 Å². The molecule has 0 heterocycles. The van der Waals surface area contributed by atoms with Crippen LogP contribution >= 0.6 is 11.6 Å². The summed E-state index contributed by atoms with van der Waals surface area (Å²) in [4.78, 5) is 0. The summed E-state index contributed by atoms with van der Waals surface area (Å²) in [6.45, 7) is 0.902. The lowest BCUT2D eigenvalue weighted by Gasteiger charge is -2.26. The number of hydrogen-bond acceptors (Lipinski definition) is 1. The molecule has 2 heteroatoms. The van der Waals surface area contributed by atoms with Crippen LogP contribution in [0.25, 0.3) is 0 Å². The van der Waals surface area contributed by atoms with Gasteiger partial charge < -0.3 is 4.74 Å². The minimum Gasteiger partial charge on any atom is -0.385 e. The molecule has 0 saturated heterocycles. The fourth-order valence-electron chi connectivity index (χ4n) is 2.14. The van der Waals surface area contributed by atoms with Gasteiger partial charge in [0.05, 0.1) is 0 Å². The molecule has 1 rings (SSSR count). The standard InChI is InChI=1S/C11H21ClO/c1-13-9-5-4-7-10-6-2-3-8-11(10)12/h10-11H,2-9H2,1H3. The summed E-state index contributed by atoms with van der Waals surface area (Å²) in [5.41, 5.74) is 0. The first kappa shape index (κ1) is 11.3. The molecule has 2 atom stereocenters. The molecule has 0 spiro atoms. The predicted octanol–water partition coefficient (Wildman–Crippen LogP) is 3.60. The molecular weight excluding hydrogens is 184 g/mol. The smallest absolute Gasteiger partial charge is 0.0462 e. The van der Waals surface area contributed by atoms with E-state index in [9.17, 15) is 0 Å². The van der Waals surface area contributed by atoms with Gasteiger partial charge in [-0.1, -0.05) is 19.3 Å². The Morgan fingerprint density at radius 3 is 2.69 bits per heavy atom. The first-order chi connectivity index (χ1) is 6.34. The normalized spacial score (nSPS) is 29.1. The van der Waals surface area contributed by atoms with Crippen molar-refractivity contribution in [3.8, 4) is 0 Å². The third-order valence-corrected chi connectivity index (χ3v) is 3.56. The molecule has 13 heavy (non-hydrogen) atoms. The molecule has 2 unspecified atom stereocenters. The Morgan fingerprint density at radius 1 is 1.23 bits per heavy atom. The zero-order valence-corrected chi connectivity index (χ0v) is 9.35. The van der Waals surface area contributed by atoms with Crippen LogP contribution in [0.4, 0.5) is 0 Å². The number of hydrogen-bond donors (Lipinski definition) is 0. The fourth-order valence-corrected chi connectivity index (χ4v) is 2.55. The summed E-state index contributed by atoms with van der Waals surface area (Å²) in [5.74, 6) is 0.785. The molecule has 0 amide bonds. The summed E-state index contributed by atoms with van der Waals surface area (Å²) in [7, 11) is 1.77. The van der Waals surface area contributed by atoms with Crippen molar-refractivity contribution in [3.63, 3.8) is 0 Å². The lowest BCUT2D eigenvalue weighted by molar-refractivity contribution is 0.188. The van der Waals surface area contributed by atoms with Crippen LogP contribution in [0.1, 0.15) is 44.9 Å². The highest BCUT2D eigenvalue weighted by atomic mass is 35.5. The van der Waals surface area contributed by atoms with Gasteiger partial charge in [-0.2, -0.15) is 0 Å². The van der Waals surface area contributed by atoms with E-state index in [0.717, 1.165) is 12.5 Å². The molecular formula is C11H21ClO. The van der Waals surface area contributed by atoms with Crippen LogP contribution in [0.15, 0.2) is 0 Å². The maximum Gasteiger partial charge on any atom is 0.0462 e. The van der Waals surface area contributed by atoms with Crippen molar-refractivity contribution < 1.29 is 4.74 Å². The van der Waals surface area contributed by atoms with E-state index in [1.807, 2.05) is 0 Å². The summed E-state index contributed by atoms with van der Waals surface area (Å²) in [6, 6.07) is 0. The summed E-state index contributed by atoms with van der Waals surface area (Å²) in [6.07, 6.45) is 9.08. The third-order valence-electron chi connectivity index (χ3n) is 2.99. The molecule has 0 bridgehead atoms. The number of alkyl halides is 1. The maximum absolute atomic E-state index is 6.26. The quantitative estimate of drug-likeness (QED) is 0.491. The van der Waals surface area contributed by atoms with E-state index < -0.39 is 0 Å². The van der Waals surface area contributed by atoms with Crippen LogP contribution < -0.4 is 0 Å². The van der Waals surface area contributed by atoms with Crippen LogP contribution in [0.5, 0.6) is 0 Å². The molecule has 0 N–H and O–H groups in total. The van der Waals surface area contributed by atoms with Crippen molar-refractivity contribution in [2.24, 2.45) is 5.92 Å². The second kappa shape index (κ2) is 6.67. The molecule has 1 aliphatic carbocycles. The average molecular weight is 205 g/mol. The van der Waals surface area contributed by atoms with Gasteiger partial charge in [0.1, 0.15) is 0 Å². The van der Waals surface area contributed by atoms with E-state index in [0.29, 0.717) is 5.38 Å². The monoisotopic (exact) mass is 204 g/mol. The van der Waals surface area contributed by atoms with Crippen molar-refractivity contribution >= 4 is 11.6 Å². The lowest BCUT2D eigenvalue weighted by Crippen LogP contribution is -2.19. The minimum atomic E-state index is 0.455. The molecule has 0 aromatic heterocycles. The Labute approximate surface area is 86.8 Å². The van der Waals surface area contributed by atoms with Crippen LogP contribution in [-0.2, 0) is 4.74 Å². The van der Waals surface area contributed by atoms with Gasteiger partial charge in [0.15, 0.2) is 0 Å². The molecule has 78 valence electrons. The van der Waals surface area contributed by atoms with Gasteiger partial charge in [-0.3, -0.25) is 0 Å². The molecule has 0 aromatic rings. The number of halogens is 1. The van der Waals surface area contributed by atoms with Crippen molar-refractivity contribution in [2.75, 3.05) is 13.7 Å². The van der Waals surface area contributed by atoms with Crippen molar-refractivity contribution in [2.45, 2.75) is 50.3 Å². The predicted molar refractivity (Wildman–Crippen MR) is 57.3 cm³/mol. The second-order valence-electron chi connectivity index (χ2n) is 4.05. The summed E-state index contributed by atoms with van der Waals surface area (Å²) in [5, 5.41) is 0.455. The highest BCUT2D eigenvalue weighted by Gasteiger charge is 2.22. The Hall–Kier alpha value is 0.250. The van der Waals surface area contributed by atoms with E-state index in [4.69, 9.17) is 16.3 Å². The Kier molecular flexibility index (Phi) is 5.81. The highest BCUT2D eigenvalue weighted by molar-refractivity contribution is 6.20. The number of methoxy groups -OCH3 is 1. The molecule has 1 saturated carbocycles. The number of unbranched alkanes of at least 4 members (excludes halogenated alkanes) is 1. The highest BCUT2D eigenvalue weighted by Crippen LogP contribution is 2.31. The van der Waals surface area contributed by atoms with E-state index in [2.05, 4.69) is 0 Å². The Balaban J connectivity index is 2.05. The first-order valence-electron chi connectivity index (χ1n) is 5.47. The second-order valence-corrected chi connectivity index (χ2v) is 4.61. The van der Waals surface area contributed by atoms with Gasteiger partial charge in [-0.05, 0) is 31.6 Å². The van der Waals surface area contributed by atoms with Crippen LogP contribution in [0.3, 0.4) is 0 Å². The van der Waals surface area contributed by atoms with Gasteiger partial charge in [0, 0.05) is 19.1 Å². The largest absolute Gasteiger partial charge is 0.385 e. The zero-order valence-electron chi connectivity index (χ0n) is 8.60. The van der Waals surface area contributed by atoms with Crippen molar-refractivity contribution in [1.29, 1.82) is 0 Å². The Morgan fingerprint density at radius 2 is 2.00 bits per heavy atom. The minimum absolute atomic E-state index is 0.455. The van der Waals surface area contributed by atoms with E-state index in [-0.39, 0.29) is 0 Å². The van der Waals surface area contributed by atoms with Crippen LogP contribution in [0.2, 0.25) is 0 Å². The molecule has 0 radical (unpaired) electrons. The molecule has 1 fully saturated rings. The van der Waals surface area contributed by atoms with Crippen molar-refractivity contribution in [1.82, 2.24) is 0 Å². The van der Waals surface area contributed by atoms with Gasteiger partial charge in [0.25, 0.3) is 0 Å². The van der Waals surface area contributed by atoms with Crippen molar-refractivity contribution in [3.05, 3.63) is 0 Å². The van der Waals surface area contributed by atoms with Gasteiger partial charge in [-0.15, -0.1) is 11.6 Å². The SMILES string of the molecule is COCCCCC1CCCCC1Cl. The number of rotatable bonds is 5. The first-order valence-corrected chi connectivity index (χ1v) is 5.91. The topological polar surface area (TPSA) is 9.23 Å². The fraction of sp³-hybridized carbons (Fsp3) is 1.00. The number of ether oxygens (including phenoxy) is 1. The summed E-state index contributed by atoms with van der Waals surface area (Å²) >= 11 is 6.26. The molecule has 1 nitrogen and oxygen atoms in total. The Bertz CT molecular complexity index is 127. The van der Waals surface area contributed by atoms with Crippen LogP contribution in [-0.4, -0.2) is 19.1 Å². The van der Waals surface area contributed by atoms with Crippen LogP contribution in [0, 0.1) is 5.92 Å². The van der Waals surface area contributed by atoms with E-state index in [1.54, 1.807) is 7.11 Å². The third kappa shape index (κ3) is 4.33. The molecule has 0 aromatic carbocycles. The van der Waals surface area contributed by atoms with Gasteiger partial charge >= 0.3 is 0 Å². The van der Waals surface area contributed by atoms with E-state index >= 15 is 0 Å². The zero-order chi connectivity index (χ0) is 9.52.